The summed E-state index contributed by atoms with van der Waals surface area (Å²) in [6.07, 6.45) is 3.38. The third-order valence-corrected chi connectivity index (χ3v) is 2.47. The molecule has 0 spiro atoms. The standard InChI is InChI=1S/C11H18F2N4O/c1-3-4-15-10(18)8(2)16-7-9-14-5-6-17(9)11(12)13/h5-6,8,11,16H,3-4,7H2,1-2H3,(H,15,18). The zero-order chi connectivity index (χ0) is 13.5. The van der Waals surface area contributed by atoms with E-state index < -0.39 is 12.6 Å². The molecule has 1 aromatic rings. The third-order valence-electron chi connectivity index (χ3n) is 2.47. The van der Waals surface area contributed by atoms with Gasteiger partial charge >= 0.3 is 6.55 Å². The summed E-state index contributed by atoms with van der Waals surface area (Å²) in [5.74, 6) is 0.0622. The van der Waals surface area contributed by atoms with E-state index in [0.717, 1.165) is 11.0 Å². The van der Waals surface area contributed by atoms with Crippen LogP contribution in [0, 0.1) is 0 Å². The van der Waals surface area contributed by atoms with E-state index in [-0.39, 0.29) is 18.3 Å². The summed E-state index contributed by atoms with van der Waals surface area (Å²) < 4.78 is 25.8. The van der Waals surface area contributed by atoms with Crippen molar-refractivity contribution in [3.8, 4) is 0 Å². The molecular formula is C11H18F2N4O. The maximum atomic E-state index is 12.5. The van der Waals surface area contributed by atoms with Crippen LogP contribution in [0.1, 0.15) is 32.6 Å². The minimum Gasteiger partial charge on any atom is -0.355 e. The zero-order valence-electron chi connectivity index (χ0n) is 10.5. The summed E-state index contributed by atoms with van der Waals surface area (Å²) in [5.41, 5.74) is 0. The SMILES string of the molecule is CCCNC(=O)C(C)NCc1nccn1C(F)F. The molecule has 102 valence electrons. The second-order valence-electron chi connectivity index (χ2n) is 3.92. The van der Waals surface area contributed by atoms with Crippen LogP contribution in [0.3, 0.4) is 0 Å². The molecule has 0 aromatic carbocycles. The second kappa shape index (κ2) is 7.05. The van der Waals surface area contributed by atoms with Gasteiger partial charge in [-0.1, -0.05) is 6.92 Å². The van der Waals surface area contributed by atoms with E-state index in [4.69, 9.17) is 0 Å². The molecule has 0 fully saturated rings. The molecule has 18 heavy (non-hydrogen) atoms. The molecule has 1 rings (SSSR count). The number of carbonyl (C=O) groups is 1. The number of amides is 1. The fraction of sp³-hybridized carbons (Fsp3) is 0.636. The van der Waals surface area contributed by atoms with Gasteiger partial charge in [-0.3, -0.25) is 14.7 Å². The maximum Gasteiger partial charge on any atom is 0.319 e. The van der Waals surface area contributed by atoms with Crippen molar-refractivity contribution in [2.24, 2.45) is 0 Å². The van der Waals surface area contributed by atoms with E-state index in [9.17, 15) is 13.6 Å². The average Bonchev–Trinajstić information content (AvgIpc) is 2.81. The first-order chi connectivity index (χ1) is 8.56. The molecule has 1 amide bonds. The topological polar surface area (TPSA) is 59.0 Å². The van der Waals surface area contributed by atoms with Crippen molar-refractivity contribution in [2.45, 2.75) is 39.4 Å². The predicted molar refractivity (Wildman–Crippen MR) is 63.1 cm³/mol. The molecule has 0 saturated carbocycles. The van der Waals surface area contributed by atoms with Crippen LogP contribution in [-0.4, -0.2) is 28.0 Å². The largest absolute Gasteiger partial charge is 0.355 e. The molecule has 0 radical (unpaired) electrons. The molecular weight excluding hydrogens is 242 g/mol. The van der Waals surface area contributed by atoms with Gasteiger partial charge in [0.25, 0.3) is 0 Å². The fourth-order valence-corrected chi connectivity index (χ4v) is 1.40. The van der Waals surface area contributed by atoms with E-state index in [1.165, 1.54) is 12.4 Å². The van der Waals surface area contributed by atoms with Gasteiger partial charge in [-0.05, 0) is 13.3 Å². The third kappa shape index (κ3) is 4.06. The van der Waals surface area contributed by atoms with Crippen LogP contribution in [-0.2, 0) is 11.3 Å². The van der Waals surface area contributed by atoms with Gasteiger partial charge in [0, 0.05) is 18.9 Å². The zero-order valence-corrected chi connectivity index (χ0v) is 10.5. The van der Waals surface area contributed by atoms with Gasteiger partial charge in [-0.25, -0.2) is 4.98 Å². The molecule has 7 heteroatoms. The highest BCUT2D eigenvalue weighted by atomic mass is 19.3. The smallest absolute Gasteiger partial charge is 0.319 e. The molecule has 0 aliphatic heterocycles. The van der Waals surface area contributed by atoms with Crippen molar-refractivity contribution in [3.05, 3.63) is 18.2 Å². The van der Waals surface area contributed by atoms with Gasteiger partial charge in [0.2, 0.25) is 5.91 Å². The van der Waals surface area contributed by atoms with E-state index in [1.54, 1.807) is 6.92 Å². The van der Waals surface area contributed by atoms with Crippen LogP contribution in [0.15, 0.2) is 12.4 Å². The Morgan fingerprint density at radius 1 is 1.56 bits per heavy atom. The second-order valence-corrected chi connectivity index (χ2v) is 3.92. The molecule has 0 aliphatic carbocycles. The van der Waals surface area contributed by atoms with Gasteiger partial charge < -0.3 is 5.32 Å². The van der Waals surface area contributed by atoms with Crippen LogP contribution in [0.4, 0.5) is 8.78 Å². The molecule has 0 bridgehead atoms. The van der Waals surface area contributed by atoms with Crippen molar-refractivity contribution < 1.29 is 13.6 Å². The number of imidazole rings is 1. The van der Waals surface area contributed by atoms with Crippen molar-refractivity contribution >= 4 is 5.91 Å². The number of rotatable bonds is 7. The van der Waals surface area contributed by atoms with Crippen molar-refractivity contribution in [1.82, 2.24) is 20.2 Å². The lowest BCUT2D eigenvalue weighted by Crippen LogP contribution is -2.42. The van der Waals surface area contributed by atoms with Gasteiger partial charge in [0.1, 0.15) is 5.82 Å². The first kappa shape index (κ1) is 14.6. The van der Waals surface area contributed by atoms with Crippen LogP contribution in [0.5, 0.6) is 0 Å². The van der Waals surface area contributed by atoms with Gasteiger partial charge in [0.15, 0.2) is 0 Å². The number of carbonyl (C=O) groups excluding carboxylic acids is 1. The van der Waals surface area contributed by atoms with Crippen LogP contribution in [0.25, 0.3) is 0 Å². The van der Waals surface area contributed by atoms with E-state index >= 15 is 0 Å². The highest BCUT2D eigenvalue weighted by Crippen LogP contribution is 2.11. The number of hydrogen-bond acceptors (Lipinski definition) is 3. The Morgan fingerprint density at radius 3 is 2.89 bits per heavy atom. The van der Waals surface area contributed by atoms with Crippen molar-refractivity contribution in [3.63, 3.8) is 0 Å². The van der Waals surface area contributed by atoms with Gasteiger partial charge in [-0.15, -0.1) is 0 Å². The Kier molecular flexibility index (Phi) is 5.70. The average molecular weight is 260 g/mol. The first-order valence-corrected chi connectivity index (χ1v) is 5.87. The summed E-state index contributed by atoms with van der Waals surface area (Å²) in [6.45, 7) is 1.75. The normalized spacial score (nSPS) is 12.7. The molecule has 2 N–H and O–H groups in total. The van der Waals surface area contributed by atoms with E-state index in [1.807, 2.05) is 6.92 Å². The van der Waals surface area contributed by atoms with Crippen LogP contribution >= 0.6 is 0 Å². The fourth-order valence-electron chi connectivity index (χ4n) is 1.40. The van der Waals surface area contributed by atoms with Crippen molar-refractivity contribution in [1.29, 1.82) is 0 Å². The Morgan fingerprint density at radius 2 is 2.28 bits per heavy atom. The van der Waals surface area contributed by atoms with E-state index in [0.29, 0.717) is 6.54 Å². The minimum absolute atomic E-state index is 0.123. The number of hydrogen-bond donors (Lipinski definition) is 2. The molecule has 1 atom stereocenters. The van der Waals surface area contributed by atoms with Crippen LogP contribution < -0.4 is 10.6 Å². The molecule has 1 aromatic heterocycles. The number of nitrogens with zero attached hydrogens (tertiary/aromatic N) is 2. The quantitative estimate of drug-likeness (QED) is 0.776. The Hall–Kier alpha value is -1.50. The van der Waals surface area contributed by atoms with Crippen molar-refractivity contribution in [2.75, 3.05) is 6.54 Å². The monoisotopic (exact) mass is 260 g/mol. The summed E-state index contributed by atoms with van der Waals surface area (Å²) in [6, 6.07) is -0.445. The Labute approximate surface area is 105 Å². The molecule has 5 nitrogen and oxygen atoms in total. The number of alkyl halides is 2. The molecule has 0 aliphatic rings. The van der Waals surface area contributed by atoms with Gasteiger partial charge in [0.05, 0.1) is 12.6 Å². The Balaban J connectivity index is 2.44. The summed E-state index contributed by atoms with van der Waals surface area (Å²) in [4.78, 5) is 15.4. The van der Waals surface area contributed by atoms with Crippen LogP contribution in [0.2, 0.25) is 0 Å². The number of halogens is 2. The summed E-state index contributed by atoms with van der Waals surface area (Å²) >= 11 is 0. The van der Waals surface area contributed by atoms with E-state index in [2.05, 4.69) is 15.6 Å². The molecule has 1 unspecified atom stereocenters. The highest BCUT2D eigenvalue weighted by molar-refractivity contribution is 5.81. The van der Waals surface area contributed by atoms with Gasteiger partial charge in [-0.2, -0.15) is 8.78 Å². The molecule has 0 saturated heterocycles. The maximum absolute atomic E-state index is 12.5. The first-order valence-electron chi connectivity index (χ1n) is 5.87. The lowest BCUT2D eigenvalue weighted by molar-refractivity contribution is -0.122. The number of nitrogens with one attached hydrogen (secondary N) is 2. The Bertz CT molecular complexity index is 381. The number of aromatic nitrogens is 2. The summed E-state index contributed by atoms with van der Waals surface area (Å²) in [5, 5.41) is 5.58. The predicted octanol–water partition coefficient (Wildman–Crippen LogP) is 1.28. The molecule has 1 heterocycles. The summed E-state index contributed by atoms with van der Waals surface area (Å²) in [7, 11) is 0. The minimum atomic E-state index is -2.62. The lowest BCUT2D eigenvalue weighted by atomic mass is 10.3. The lowest BCUT2D eigenvalue weighted by Gasteiger charge is -2.14. The highest BCUT2D eigenvalue weighted by Gasteiger charge is 2.15.